The van der Waals surface area contributed by atoms with Gasteiger partial charge in [0.15, 0.2) is 0 Å². The third-order valence-electron chi connectivity index (χ3n) is 5.30. The Balaban J connectivity index is 1.78. The summed E-state index contributed by atoms with van der Waals surface area (Å²) in [5.41, 5.74) is 5.10. The van der Waals surface area contributed by atoms with Crippen molar-refractivity contribution in [3.05, 3.63) is 99.6 Å². The van der Waals surface area contributed by atoms with Gasteiger partial charge in [0.05, 0.1) is 27.4 Å². The molecule has 0 atom stereocenters. The van der Waals surface area contributed by atoms with Crippen LogP contribution in [0, 0.1) is 17.0 Å². The van der Waals surface area contributed by atoms with E-state index in [1.165, 1.54) is 17.7 Å². The van der Waals surface area contributed by atoms with Crippen LogP contribution in [-0.2, 0) is 6.42 Å². The summed E-state index contributed by atoms with van der Waals surface area (Å²) in [5.74, 6) is -0.339. The number of pyridine rings is 1. The first-order valence-electron chi connectivity index (χ1n) is 10.0. The summed E-state index contributed by atoms with van der Waals surface area (Å²) in [6.07, 6.45) is 0.946. The van der Waals surface area contributed by atoms with Crippen LogP contribution < -0.4 is 5.32 Å². The van der Waals surface area contributed by atoms with Crippen molar-refractivity contribution in [1.82, 2.24) is 4.98 Å². The Morgan fingerprint density at radius 2 is 1.77 bits per heavy atom. The Hall–Kier alpha value is -4.06. The molecule has 1 heterocycles. The number of fused-ring (bicyclic) bond motifs is 1. The third kappa shape index (κ3) is 4.14. The van der Waals surface area contributed by atoms with Crippen LogP contribution in [0.15, 0.2) is 72.8 Å². The predicted molar refractivity (Wildman–Crippen MR) is 122 cm³/mol. The van der Waals surface area contributed by atoms with E-state index in [4.69, 9.17) is 4.98 Å². The molecule has 1 N–H and O–H groups in total. The maximum Gasteiger partial charge on any atom is 0.271 e. The minimum Gasteiger partial charge on any atom is -0.321 e. The van der Waals surface area contributed by atoms with Gasteiger partial charge in [0.2, 0.25) is 0 Å². The highest BCUT2D eigenvalue weighted by atomic mass is 16.6. The summed E-state index contributed by atoms with van der Waals surface area (Å²) in [5, 5.41) is 14.7. The van der Waals surface area contributed by atoms with E-state index in [1.807, 2.05) is 36.4 Å². The second-order valence-electron chi connectivity index (χ2n) is 7.33. The lowest BCUT2D eigenvalue weighted by atomic mass is 10.0. The lowest BCUT2D eigenvalue weighted by molar-refractivity contribution is -0.384. The zero-order valence-corrected chi connectivity index (χ0v) is 17.3. The molecule has 4 aromatic rings. The van der Waals surface area contributed by atoms with Crippen molar-refractivity contribution in [2.75, 3.05) is 5.32 Å². The topological polar surface area (TPSA) is 85.1 Å². The molecular formula is C25H21N3O3. The lowest BCUT2D eigenvalue weighted by Gasteiger charge is -2.12. The Labute approximate surface area is 179 Å². The van der Waals surface area contributed by atoms with E-state index in [2.05, 4.69) is 24.4 Å². The number of hydrogen-bond acceptors (Lipinski definition) is 4. The van der Waals surface area contributed by atoms with Crippen molar-refractivity contribution in [3.8, 4) is 11.3 Å². The number of benzene rings is 3. The molecule has 0 unspecified atom stereocenters. The highest BCUT2D eigenvalue weighted by Gasteiger charge is 2.16. The van der Waals surface area contributed by atoms with Gasteiger partial charge in [-0.15, -0.1) is 0 Å². The molecule has 0 saturated carbocycles. The number of hydrogen-bond donors (Lipinski definition) is 1. The Morgan fingerprint density at radius 1 is 1.03 bits per heavy atom. The number of nitrogens with one attached hydrogen (secondary N) is 1. The van der Waals surface area contributed by atoms with Gasteiger partial charge < -0.3 is 5.32 Å². The summed E-state index contributed by atoms with van der Waals surface area (Å²) >= 11 is 0. The SMILES string of the molecule is CCc1ccc(-c2cc(C(=O)Nc3cc([N+](=O)[O-])ccc3C)c3ccccc3n2)cc1. The van der Waals surface area contributed by atoms with Crippen molar-refractivity contribution < 1.29 is 9.72 Å². The number of nitro benzene ring substituents is 1. The molecule has 0 bridgehead atoms. The standard InChI is InChI=1S/C25H21N3O3/c1-3-17-9-11-18(12-10-17)24-15-21(20-6-4-5-7-22(20)26-24)25(29)27-23-14-19(28(30)31)13-8-16(23)2/h4-15H,3H2,1-2H3,(H,27,29). The maximum absolute atomic E-state index is 13.2. The number of carbonyl (C=O) groups excluding carboxylic acids is 1. The normalized spacial score (nSPS) is 10.8. The predicted octanol–water partition coefficient (Wildman–Crippen LogP) is 5.93. The molecule has 0 radical (unpaired) electrons. The second kappa shape index (κ2) is 8.36. The number of aromatic nitrogens is 1. The summed E-state index contributed by atoms with van der Waals surface area (Å²) in [6, 6.07) is 21.8. The third-order valence-corrected chi connectivity index (χ3v) is 5.30. The Morgan fingerprint density at radius 3 is 2.48 bits per heavy atom. The smallest absolute Gasteiger partial charge is 0.271 e. The zero-order valence-electron chi connectivity index (χ0n) is 17.3. The van der Waals surface area contributed by atoms with E-state index in [-0.39, 0.29) is 11.6 Å². The minimum atomic E-state index is -0.477. The van der Waals surface area contributed by atoms with Crippen LogP contribution >= 0.6 is 0 Å². The molecule has 0 saturated heterocycles. The van der Waals surface area contributed by atoms with Crippen molar-refractivity contribution >= 4 is 28.2 Å². The van der Waals surface area contributed by atoms with Crippen LogP contribution in [0.25, 0.3) is 22.2 Å². The monoisotopic (exact) mass is 411 g/mol. The van der Waals surface area contributed by atoms with Gasteiger partial charge in [0, 0.05) is 23.1 Å². The molecule has 0 aliphatic rings. The first kappa shape index (κ1) is 20.2. The van der Waals surface area contributed by atoms with Gasteiger partial charge in [-0.2, -0.15) is 0 Å². The van der Waals surface area contributed by atoms with Crippen LogP contribution in [0.1, 0.15) is 28.4 Å². The summed E-state index contributed by atoms with van der Waals surface area (Å²) in [6.45, 7) is 3.90. The largest absolute Gasteiger partial charge is 0.321 e. The highest BCUT2D eigenvalue weighted by Crippen LogP contribution is 2.27. The second-order valence-corrected chi connectivity index (χ2v) is 7.33. The number of aryl methyl sites for hydroxylation is 2. The van der Waals surface area contributed by atoms with Crippen molar-refractivity contribution in [1.29, 1.82) is 0 Å². The number of para-hydroxylation sites is 1. The van der Waals surface area contributed by atoms with Crippen molar-refractivity contribution in [3.63, 3.8) is 0 Å². The van der Waals surface area contributed by atoms with Crippen LogP contribution in [0.3, 0.4) is 0 Å². The molecule has 1 amide bonds. The van der Waals surface area contributed by atoms with E-state index in [0.717, 1.165) is 22.9 Å². The quantitative estimate of drug-likeness (QED) is 0.326. The summed E-state index contributed by atoms with van der Waals surface area (Å²) in [4.78, 5) is 28.6. The summed E-state index contributed by atoms with van der Waals surface area (Å²) < 4.78 is 0. The fourth-order valence-electron chi connectivity index (χ4n) is 3.47. The van der Waals surface area contributed by atoms with Crippen LogP contribution in [0.4, 0.5) is 11.4 Å². The molecule has 6 nitrogen and oxygen atoms in total. The molecule has 4 rings (SSSR count). The first-order chi connectivity index (χ1) is 15.0. The van der Waals surface area contributed by atoms with E-state index < -0.39 is 4.92 Å². The fraction of sp³-hybridized carbons (Fsp3) is 0.120. The number of rotatable bonds is 5. The van der Waals surface area contributed by atoms with Gasteiger partial charge in [-0.1, -0.05) is 55.5 Å². The molecule has 3 aromatic carbocycles. The minimum absolute atomic E-state index is 0.0720. The number of non-ortho nitro benzene ring substituents is 1. The molecule has 0 spiro atoms. The van der Waals surface area contributed by atoms with Crippen molar-refractivity contribution in [2.45, 2.75) is 20.3 Å². The van der Waals surface area contributed by atoms with Crippen LogP contribution in [-0.4, -0.2) is 15.8 Å². The zero-order chi connectivity index (χ0) is 22.0. The molecule has 1 aromatic heterocycles. The highest BCUT2D eigenvalue weighted by molar-refractivity contribution is 6.13. The van der Waals surface area contributed by atoms with Crippen LogP contribution in [0.5, 0.6) is 0 Å². The molecule has 0 aliphatic carbocycles. The molecular weight excluding hydrogens is 390 g/mol. The van der Waals surface area contributed by atoms with E-state index in [9.17, 15) is 14.9 Å². The van der Waals surface area contributed by atoms with Gasteiger partial charge in [-0.25, -0.2) is 4.98 Å². The van der Waals surface area contributed by atoms with E-state index in [1.54, 1.807) is 19.1 Å². The van der Waals surface area contributed by atoms with Gasteiger partial charge in [-0.05, 0) is 36.6 Å². The van der Waals surface area contributed by atoms with Gasteiger partial charge in [-0.3, -0.25) is 14.9 Å². The number of carbonyl (C=O) groups is 1. The Kier molecular flexibility index (Phi) is 5.45. The van der Waals surface area contributed by atoms with E-state index in [0.29, 0.717) is 22.5 Å². The number of nitro groups is 1. The van der Waals surface area contributed by atoms with Gasteiger partial charge >= 0.3 is 0 Å². The molecule has 0 aliphatic heterocycles. The molecule has 6 heteroatoms. The number of amides is 1. The average Bonchev–Trinajstić information content (AvgIpc) is 2.79. The average molecular weight is 411 g/mol. The van der Waals surface area contributed by atoms with E-state index >= 15 is 0 Å². The maximum atomic E-state index is 13.2. The molecule has 154 valence electrons. The fourth-order valence-corrected chi connectivity index (χ4v) is 3.47. The molecule has 0 fully saturated rings. The number of nitrogens with zero attached hydrogens (tertiary/aromatic N) is 2. The lowest BCUT2D eigenvalue weighted by Crippen LogP contribution is -2.14. The first-order valence-corrected chi connectivity index (χ1v) is 10.0. The summed E-state index contributed by atoms with van der Waals surface area (Å²) in [7, 11) is 0. The Bertz CT molecular complexity index is 1300. The van der Waals surface area contributed by atoms with Gasteiger partial charge in [0.25, 0.3) is 11.6 Å². The van der Waals surface area contributed by atoms with Crippen molar-refractivity contribution in [2.24, 2.45) is 0 Å². The number of anilines is 1. The molecule has 31 heavy (non-hydrogen) atoms. The van der Waals surface area contributed by atoms with Crippen LogP contribution in [0.2, 0.25) is 0 Å². The van der Waals surface area contributed by atoms with Gasteiger partial charge in [0.1, 0.15) is 0 Å².